The lowest BCUT2D eigenvalue weighted by Gasteiger charge is -1.97. The number of nitrogens with zero attached hydrogens (tertiary/aromatic N) is 2. The molecule has 14 heavy (non-hydrogen) atoms. The largest absolute Gasteiger partial charge is 0.333 e. The zero-order chi connectivity index (χ0) is 10.1. The van der Waals surface area contributed by atoms with Gasteiger partial charge < -0.3 is 4.52 Å². The Hall–Kier alpha value is -0.940. The molecule has 1 aromatic heterocycles. The minimum atomic E-state index is -0.341. The van der Waals surface area contributed by atoms with Gasteiger partial charge in [0.25, 0.3) is 11.2 Å². The lowest BCUT2D eigenvalue weighted by Crippen LogP contribution is -1.81. The number of hydrogen-bond donors (Lipinski definition) is 0. The number of aromatic nitrogens is 2. The zero-order valence-corrected chi connectivity index (χ0v) is 9.01. The van der Waals surface area contributed by atoms with Gasteiger partial charge in [-0.05, 0) is 50.9 Å². The summed E-state index contributed by atoms with van der Waals surface area (Å²) in [5, 5.41) is 3.45. The molecule has 6 heteroatoms. The minimum Gasteiger partial charge on any atom is -0.333 e. The number of hydrogen-bond acceptors (Lipinski definition) is 3. The molecule has 0 saturated heterocycles. The molecule has 0 bridgehead atoms. The van der Waals surface area contributed by atoms with E-state index in [1.54, 1.807) is 0 Å². The lowest BCUT2D eigenvalue weighted by atomic mass is 10.2. The first-order valence-electron chi connectivity index (χ1n) is 3.61. The predicted octanol–water partition coefficient (Wildman–Crippen LogP) is 3.29. The van der Waals surface area contributed by atoms with E-state index >= 15 is 0 Å². The molecule has 3 nitrogen and oxygen atoms in total. The Morgan fingerprint density at radius 3 is 2.79 bits per heavy atom. The average molecular weight is 277 g/mol. The summed E-state index contributed by atoms with van der Waals surface area (Å²) in [5.41, 5.74) is 0.603. The van der Waals surface area contributed by atoms with Crippen molar-refractivity contribution >= 4 is 27.5 Å². The van der Waals surface area contributed by atoms with Crippen LogP contribution in [0.25, 0.3) is 11.5 Å². The second-order valence-electron chi connectivity index (χ2n) is 2.49. The van der Waals surface area contributed by atoms with Crippen molar-refractivity contribution in [2.45, 2.75) is 0 Å². The van der Waals surface area contributed by atoms with Crippen LogP contribution in [0, 0.1) is 5.82 Å². The molecule has 0 aliphatic rings. The van der Waals surface area contributed by atoms with Crippen LogP contribution in [-0.4, -0.2) is 10.1 Å². The molecule has 1 heterocycles. The van der Waals surface area contributed by atoms with Crippen molar-refractivity contribution in [3.8, 4) is 11.5 Å². The topological polar surface area (TPSA) is 38.9 Å². The van der Waals surface area contributed by atoms with Gasteiger partial charge in [0.15, 0.2) is 0 Å². The van der Waals surface area contributed by atoms with E-state index in [1.165, 1.54) is 18.2 Å². The SMILES string of the molecule is Fc1ccc(-c2nc(Cl)no2)c(Br)c1. The second kappa shape index (κ2) is 3.67. The first kappa shape index (κ1) is 9.61. The van der Waals surface area contributed by atoms with Gasteiger partial charge in [0, 0.05) is 4.47 Å². The van der Waals surface area contributed by atoms with Gasteiger partial charge >= 0.3 is 0 Å². The highest BCUT2D eigenvalue weighted by Gasteiger charge is 2.11. The third-order valence-corrected chi connectivity index (χ3v) is 2.37. The molecule has 0 fully saturated rings. The van der Waals surface area contributed by atoms with E-state index in [-0.39, 0.29) is 17.0 Å². The molecule has 0 spiro atoms. The van der Waals surface area contributed by atoms with Crippen LogP contribution in [0.5, 0.6) is 0 Å². The maximum Gasteiger partial charge on any atom is 0.264 e. The highest BCUT2D eigenvalue weighted by Crippen LogP contribution is 2.27. The molecular weight excluding hydrogens is 274 g/mol. The summed E-state index contributed by atoms with van der Waals surface area (Å²) < 4.78 is 18.1. The number of rotatable bonds is 1. The lowest BCUT2D eigenvalue weighted by molar-refractivity contribution is 0.430. The normalized spacial score (nSPS) is 10.5. The molecule has 72 valence electrons. The molecule has 0 aliphatic carbocycles. The molecule has 1 aromatic carbocycles. The molecule has 0 radical (unpaired) electrons. The van der Waals surface area contributed by atoms with Gasteiger partial charge in [0.2, 0.25) is 0 Å². The Labute approximate surface area is 92.0 Å². The molecule has 0 amide bonds. The van der Waals surface area contributed by atoms with Gasteiger partial charge in [-0.15, -0.1) is 0 Å². The van der Waals surface area contributed by atoms with Gasteiger partial charge in [-0.25, -0.2) is 4.39 Å². The summed E-state index contributed by atoms with van der Waals surface area (Å²) >= 11 is 8.67. The van der Waals surface area contributed by atoms with Gasteiger partial charge in [-0.1, -0.05) is 0 Å². The molecule has 0 N–H and O–H groups in total. The summed E-state index contributed by atoms with van der Waals surface area (Å²) in [5.74, 6) is -0.0897. The van der Waals surface area contributed by atoms with Gasteiger partial charge in [0.05, 0.1) is 5.56 Å². The van der Waals surface area contributed by atoms with Crippen LogP contribution >= 0.6 is 27.5 Å². The van der Waals surface area contributed by atoms with Crippen molar-refractivity contribution in [2.24, 2.45) is 0 Å². The standard InChI is InChI=1S/C8H3BrClFN2O/c9-6-3-4(11)1-2-5(6)7-12-8(10)13-14-7/h1-3H. The molecular formula is C8H3BrClFN2O. The Balaban J connectivity index is 2.52. The fraction of sp³-hybridized carbons (Fsp3) is 0. The highest BCUT2D eigenvalue weighted by atomic mass is 79.9. The van der Waals surface area contributed by atoms with Gasteiger partial charge in [0.1, 0.15) is 5.82 Å². The Kier molecular flexibility index (Phi) is 2.52. The van der Waals surface area contributed by atoms with E-state index in [4.69, 9.17) is 16.1 Å². The van der Waals surface area contributed by atoms with E-state index < -0.39 is 0 Å². The van der Waals surface area contributed by atoms with Crippen molar-refractivity contribution in [3.63, 3.8) is 0 Å². The molecule has 0 saturated carbocycles. The zero-order valence-electron chi connectivity index (χ0n) is 6.67. The molecule has 0 unspecified atom stereocenters. The van der Waals surface area contributed by atoms with Crippen molar-refractivity contribution in [3.05, 3.63) is 33.8 Å². The predicted molar refractivity (Wildman–Crippen MR) is 52.4 cm³/mol. The van der Waals surface area contributed by atoms with Crippen molar-refractivity contribution in [2.75, 3.05) is 0 Å². The van der Waals surface area contributed by atoms with E-state index in [0.29, 0.717) is 10.0 Å². The molecule has 0 atom stereocenters. The molecule has 0 aliphatic heterocycles. The van der Waals surface area contributed by atoms with Crippen LogP contribution in [0.1, 0.15) is 0 Å². The third-order valence-electron chi connectivity index (χ3n) is 1.56. The Morgan fingerprint density at radius 2 is 2.21 bits per heavy atom. The van der Waals surface area contributed by atoms with Gasteiger partial charge in [-0.3, -0.25) is 0 Å². The second-order valence-corrected chi connectivity index (χ2v) is 3.69. The third kappa shape index (κ3) is 1.78. The van der Waals surface area contributed by atoms with Crippen LogP contribution in [0.3, 0.4) is 0 Å². The van der Waals surface area contributed by atoms with Crippen LogP contribution < -0.4 is 0 Å². The smallest absolute Gasteiger partial charge is 0.264 e. The summed E-state index contributed by atoms with van der Waals surface area (Å²) in [4.78, 5) is 3.81. The first-order chi connectivity index (χ1) is 6.66. The monoisotopic (exact) mass is 276 g/mol. The van der Waals surface area contributed by atoms with Crippen LogP contribution in [0.15, 0.2) is 27.2 Å². The summed E-state index contributed by atoms with van der Waals surface area (Å²) in [7, 11) is 0. The summed E-state index contributed by atoms with van der Waals surface area (Å²) in [6, 6.07) is 4.15. The quantitative estimate of drug-likeness (QED) is 0.803. The Morgan fingerprint density at radius 1 is 1.43 bits per heavy atom. The van der Waals surface area contributed by atoms with Crippen molar-refractivity contribution in [1.29, 1.82) is 0 Å². The average Bonchev–Trinajstić information content (AvgIpc) is 2.51. The fourth-order valence-electron chi connectivity index (χ4n) is 0.978. The maximum absolute atomic E-state index is 12.7. The van der Waals surface area contributed by atoms with E-state index in [9.17, 15) is 4.39 Å². The van der Waals surface area contributed by atoms with Crippen LogP contribution in [0.4, 0.5) is 4.39 Å². The number of halogens is 3. The Bertz CT molecular complexity index is 474. The minimum absolute atomic E-state index is 0.0243. The van der Waals surface area contributed by atoms with Crippen LogP contribution in [-0.2, 0) is 0 Å². The first-order valence-corrected chi connectivity index (χ1v) is 4.78. The molecule has 2 aromatic rings. The van der Waals surface area contributed by atoms with Crippen molar-refractivity contribution < 1.29 is 8.91 Å². The highest BCUT2D eigenvalue weighted by molar-refractivity contribution is 9.10. The number of benzene rings is 1. The summed E-state index contributed by atoms with van der Waals surface area (Å²) in [6.45, 7) is 0. The van der Waals surface area contributed by atoms with Gasteiger partial charge in [-0.2, -0.15) is 4.98 Å². The summed E-state index contributed by atoms with van der Waals surface area (Å²) in [6.07, 6.45) is 0. The molecule has 2 rings (SSSR count). The van der Waals surface area contributed by atoms with E-state index in [0.717, 1.165) is 0 Å². The fourth-order valence-corrected chi connectivity index (χ4v) is 1.61. The van der Waals surface area contributed by atoms with Crippen molar-refractivity contribution in [1.82, 2.24) is 10.1 Å². The van der Waals surface area contributed by atoms with E-state index in [2.05, 4.69) is 26.1 Å². The van der Waals surface area contributed by atoms with E-state index in [1.807, 2.05) is 0 Å². The van der Waals surface area contributed by atoms with Crippen LogP contribution in [0.2, 0.25) is 5.28 Å². The maximum atomic E-state index is 12.7.